The minimum absolute atomic E-state index is 0.0604. The van der Waals surface area contributed by atoms with Gasteiger partial charge in [-0.3, -0.25) is 14.9 Å². The molecule has 1 N–H and O–H groups in total. The molecule has 124 valence electrons. The van der Waals surface area contributed by atoms with Crippen LogP contribution in [0.15, 0.2) is 54.2 Å². The number of nitro groups is 1. The number of benzene rings is 2. The van der Waals surface area contributed by atoms with Crippen molar-refractivity contribution in [3.8, 4) is 5.75 Å². The maximum atomic E-state index is 12.2. The Hall–Kier alpha value is -3.15. The van der Waals surface area contributed by atoms with E-state index in [0.717, 1.165) is 5.56 Å². The smallest absolute Gasteiger partial charge is 0.273 e. The Labute approximate surface area is 139 Å². The molecule has 0 radical (unpaired) electrons. The molecule has 0 heterocycles. The minimum Gasteiger partial charge on any atom is -0.494 e. The lowest BCUT2D eigenvalue weighted by Crippen LogP contribution is -2.03. The van der Waals surface area contributed by atoms with E-state index in [1.807, 2.05) is 19.1 Å². The molecule has 0 bridgehead atoms. The number of hydrogen-bond acceptors (Lipinski definition) is 5. The second kappa shape index (κ2) is 7.41. The number of carbonyl (C=O) groups excluding carboxylic acids is 1. The van der Waals surface area contributed by atoms with E-state index in [0.29, 0.717) is 22.7 Å². The highest BCUT2D eigenvalue weighted by atomic mass is 16.6. The first-order valence-corrected chi connectivity index (χ1v) is 7.29. The number of anilines is 1. The van der Waals surface area contributed by atoms with Crippen LogP contribution in [0.3, 0.4) is 0 Å². The third-order valence-corrected chi connectivity index (χ3v) is 3.41. The molecule has 2 rings (SSSR count). The third-order valence-electron chi connectivity index (χ3n) is 3.41. The van der Waals surface area contributed by atoms with Crippen molar-refractivity contribution in [3.63, 3.8) is 0 Å². The molecule has 0 aliphatic heterocycles. The molecule has 0 saturated carbocycles. The zero-order valence-electron chi connectivity index (χ0n) is 13.7. The van der Waals surface area contributed by atoms with Crippen LogP contribution >= 0.6 is 0 Å². The van der Waals surface area contributed by atoms with Crippen molar-refractivity contribution in [1.82, 2.24) is 0 Å². The summed E-state index contributed by atoms with van der Waals surface area (Å²) in [6, 6.07) is 11.6. The highest BCUT2D eigenvalue weighted by Crippen LogP contribution is 2.29. The van der Waals surface area contributed by atoms with Crippen LogP contribution in [-0.2, 0) is 0 Å². The number of nitrogens with zero attached hydrogens (tertiary/aromatic N) is 1. The van der Waals surface area contributed by atoms with E-state index < -0.39 is 4.92 Å². The summed E-state index contributed by atoms with van der Waals surface area (Å²) in [5.41, 5.74) is 2.77. The van der Waals surface area contributed by atoms with Crippen LogP contribution in [0.4, 0.5) is 11.4 Å². The van der Waals surface area contributed by atoms with E-state index in [4.69, 9.17) is 4.74 Å². The number of rotatable bonds is 6. The molecule has 6 nitrogen and oxygen atoms in total. The fraction of sp³-hybridized carbons (Fsp3) is 0.167. The van der Waals surface area contributed by atoms with Crippen molar-refractivity contribution in [3.05, 3.63) is 75.5 Å². The zero-order chi connectivity index (χ0) is 17.7. The van der Waals surface area contributed by atoms with Gasteiger partial charge in [-0.25, -0.2) is 0 Å². The van der Waals surface area contributed by atoms with Gasteiger partial charge in [0.15, 0.2) is 5.78 Å². The summed E-state index contributed by atoms with van der Waals surface area (Å²) in [7, 11) is 1.43. The molecule has 0 unspecified atom stereocenters. The lowest BCUT2D eigenvalue weighted by atomic mass is 10.1. The minimum atomic E-state index is -0.490. The second-order valence-electron chi connectivity index (χ2n) is 5.32. The van der Waals surface area contributed by atoms with Gasteiger partial charge in [-0.05, 0) is 19.9 Å². The number of hydrogen-bond donors (Lipinski definition) is 1. The Bertz CT molecular complexity index is 795. The van der Waals surface area contributed by atoms with Gasteiger partial charge >= 0.3 is 0 Å². The molecule has 0 aliphatic rings. The summed E-state index contributed by atoms with van der Waals surface area (Å²) < 4.78 is 5.16. The summed E-state index contributed by atoms with van der Waals surface area (Å²) >= 11 is 0. The molecular formula is C18H18N2O4. The van der Waals surface area contributed by atoms with E-state index in [1.54, 1.807) is 25.1 Å². The lowest BCUT2D eigenvalue weighted by Gasteiger charge is -2.11. The van der Waals surface area contributed by atoms with Crippen LogP contribution in [-0.4, -0.2) is 17.8 Å². The Morgan fingerprint density at radius 2 is 1.88 bits per heavy atom. The first-order valence-electron chi connectivity index (χ1n) is 7.29. The van der Waals surface area contributed by atoms with E-state index in [9.17, 15) is 14.9 Å². The van der Waals surface area contributed by atoms with Crippen molar-refractivity contribution < 1.29 is 14.5 Å². The predicted octanol–water partition coefficient (Wildman–Crippen LogP) is 4.11. The van der Waals surface area contributed by atoms with Gasteiger partial charge in [0.1, 0.15) is 5.75 Å². The number of aryl methyl sites for hydroxylation is 1. The van der Waals surface area contributed by atoms with E-state index >= 15 is 0 Å². The largest absolute Gasteiger partial charge is 0.494 e. The Morgan fingerprint density at radius 3 is 2.46 bits per heavy atom. The van der Waals surface area contributed by atoms with Crippen LogP contribution < -0.4 is 10.1 Å². The number of allylic oxidation sites excluding steroid dienone is 2. The number of non-ortho nitro benzene ring substituents is 1. The molecule has 0 fully saturated rings. The summed E-state index contributed by atoms with van der Waals surface area (Å²) in [6.07, 6.45) is 1.48. The average Bonchev–Trinajstić information content (AvgIpc) is 2.55. The molecule has 2 aromatic carbocycles. The Morgan fingerprint density at radius 1 is 1.21 bits per heavy atom. The van der Waals surface area contributed by atoms with Gasteiger partial charge in [0.05, 0.1) is 23.8 Å². The SMILES string of the molecule is COc1cc([N+](=O)[O-])ccc1N/C(C)=C/C(=O)c1ccc(C)cc1. The molecule has 0 amide bonds. The number of methoxy groups -OCH3 is 1. The van der Waals surface area contributed by atoms with Gasteiger partial charge in [-0.2, -0.15) is 0 Å². The number of nitrogens with one attached hydrogen (secondary N) is 1. The molecule has 0 aliphatic carbocycles. The first kappa shape index (κ1) is 17.2. The molecule has 0 saturated heterocycles. The van der Waals surface area contributed by atoms with Crippen molar-refractivity contribution >= 4 is 17.2 Å². The maximum Gasteiger partial charge on any atom is 0.273 e. The van der Waals surface area contributed by atoms with E-state index in [-0.39, 0.29) is 11.5 Å². The summed E-state index contributed by atoms with van der Waals surface area (Å²) in [5, 5.41) is 13.8. The van der Waals surface area contributed by atoms with Crippen molar-refractivity contribution in [2.45, 2.75) is 13.8 Å². The monoisotopic (exact) mass is 326 g/mol. The van der Waals surface area contributed by atoms with E-state index in [1.165, 1.54) is 25.3 Å². The topological polar surface area (TPSA) is 81.5 Å². The third kappa shape index (κ3) is 4.19. The van der Waals surface area contributed by atoms with E-state index in [2.05, 4.69) is 5.32 Å². The quantitative estimate of drug-likeness (QED) is 0.374. The molecule has 0 spiro atoms. The predicted molar refractivity (Wildman–Crippen MR) is 92.5 cm³/mol. The highest BCUT2D eigenvalue weighted by Gasteiger charge is 2.12. The summed E-state index contributed by atoms with van der Waals surface area (Å²) in [5.74, 6) is 0.209. The molecule has 0 aromatic heterocycles. The van der Waals surface area contributed by atoms with Crippen molar-refractivity contribution in [2.75, 3.05) is 12.4 Å². The van der Waals surface area contributed by atoms with Gasteiger partial charge in [0.2, 0.25) is 0 Å². The van der Waals surface area contributed by atoms with Crippen LogP contribution in [0.25, 0.3) is 0 Å². The first-order chi connectivity index (χ1) is 11.4. The number of carbonyl (C=O) groups is 1. The van der Waals surface area contributed by atoms with Gasteiger partial charge in [-0.1, -0.05) is 29.8 Å². The molecule has 0 atom stereocenters. The normalized spacial score (nSPS) is 11.0. The molecule has 24 heavy (non-hydrogen) atoms. The van der Waals surface area contributed by atoms with Crippen molar-refractivity contribution in [2.24, 2.45) is 0 Å². The van der Waals surface area contributed by atoms with Crippen molar-refractivity contribution in [1.29, 1.82) is 0 Å². The van der Waals surface area contributed by atoms with Crippen LogP contribution in [0.5, 0.6) is 5.75 Å². The summed E-state index contributed by atoms with van der Waals surface area (Å²) in [6.45, 7) is 3.70. The van der Waals surface area contributed by atoms with Gasteiger partial charge in [-0.15, -0.1) is 0 Å². The summed E-state index contributed by atoms with van der Waals surface area (Å²) in [4.78, 5) is 22.5. The molecule has 2 aromatic rings. The Kier molecular flexibility index (Phi) is 5.31. The number of ether oxygens (including phenoxy) is 1. The highest BCUT2D eigenvalue weighted by molar-refractivity contribution is 6.05. The second-order valence-corrected chi connectivity index (χ2v) is 5.32. The average molecular weight is 326 g/mol. The molecular weight excluding hydrogens is 308 g/mol. The number of ketones is 1. The van der Waals surface area contributed by atoms with Gasteiger partial charge in [0.25, 0.3) is 5.69 Å². The molecule has 6 heteroatoms. The standard InChI is InChI=1S/C18H18N2O4/c1-12-4-6-14(7-5-12)17(21)10-13(2)19-16-9-8-15(20(22)23)11-18(16)24-3/h4-11,19H,1-3H3/b13-10+. The van der Waals surface area contributed by atoms with Crippen LogP contribution in [0, 0.1) is 17.0 Å². The van der Waals surface area contributed by atoms with Crippen LogP contribution in [0.2, 0.25) is 0 Å². The zero-order valence-corrected chi connectivity index (χ0v) is 13.7. The van der Waals surface area contributed by atoms with Crippen LogP contribution in [0.1, 0.15) is 22.8 Å². The van der Waals surface area contributed by atoms with Gasteiger partial charge in [0, 0.05) is 23.4 Å². The number of nitro benzene ring substituents is 1. The Balaban J connectivity index is 2.19. The maximum absolute atomic E-state index is 12.2. The van der Waals surface area contributed by atoms with Gasteiger partial charge < -0.3 is 10.1 Å². The fourth-order valence-electron chi connectivity index (χ4n) is 2.14. The fourth-order valence-corrected chi connectivity index (χ4v) is 2.14. The lowest BCUT2D eigenvalue weighted by molar-refractivity contribution is -0.384.